The van der Waals surface area contributed by atoms with Crippen molar-refractivity contribution in [2.75, 3.05) is 11.9 Å². The summed E-state index contributed by atoms with van der Waals surface area (Å²) in [7, 11) is 0. The Bertz CT molecular complexity index is 397. The first-order valence-electron chi connectivity index (χ1n) is 6.84. The Morgan fingerprint density at radius 1 is 1.28 bits per heavy atom. The van der Waals surface area contributed by atoms with Crippen LogP contribution in [0, 0.1) is 6.92 Å². The Kier molecular flexibility index (Phi) is 4.76. The van der Waals surface area contributed by atoms with Gasteiger partial charge in [-0.25, -0.2) is 0 Å². The smallest absolute Gasteiger partial charge is 0.225 e. The van der Waals surface area contributed by atoms with Crippen LogP contribution in [0.25, 0.3) is 0 Å². The molecule has 1 aromatic carbocycles. The van der Waals surface area contributed by atoms with Crippen LogP contribution in [0.5, 0.6) is 0 Å². The number of para-hydroxylation sites is 1. The van der Waals surface area contributed by atoms with Gasteiger partial charge in [-0.1, -0.05) is 31.0 Å². The van der Waals surface area contributed by atoms with Crippen LogP contribution in [-0.4, -0.2) is 18.5 Å². The molecule has 1 aliphatic carbocycles. The minimum absolute atomic E-state index is 0.0924. The van der Waals surface area contributed by atoms with Gasteiger partial charge in [0.1, 0.15) is 0 Å². The van der Waals surface area contributed by atoms with Crippen LogP contribution in [-0.2, 0) is 4.79 Å². The third-order valence-corrected chi connectivity index (χ3v) is 3.56. The average molecular weight is 246 g/mol. The van der Waals surface area contributed by atoms with Crippen LogP contribution in [0.2, 0.25) is 0 Å². The van der Waals surface area contributed by atoms with Gasteiger partial charge in [-0.3, -0.25) is 4.79 Å². The highest BCUT2D eigenvalue weighted by molar-refractivity contribution is 5.91. The predicted octanol–water partition coefficient (Wildman–Crippen LogP) is 2.86. The molecule has 1 fully saturated rings. The Balaban J connectivity index is 1.70. The fourth-order valence-electron chi connectivity index (χ4n) is 2.45. The van der Waals surface area contributed by atoms with Gasteiger partial charge in [0, 0.05) is 24.7 Å². The van der Waals surface area contributed by atoms with E-state index in [4.69, 9.17) is 0 Å². The largest absolute Gasteiger partial charge is 0.326 e. The molecule has 1 aromatic rings. The molecule has 1 saturated carbocycles. The van der Waals surface area contributed by atoms with Crippen molar-refractivity contribution in [2.24, 2.45) is 0 Å². The number of anilines is 1. The molecule has 1 amide bonds. The molecule has 0 heterocycles. The molecule has 2 N–H and O–H groups in total. The summed E-state index contributed by atoms with van der Waals surface area (Å²) < 4.78 is 0. The van der Waals surface area contributed by atoms with E-state index in [-0.39, 0.29) is 5.91 Å². The number of rotatable bonds is 5. The van der Waals surface area contributed by atoms with Gasteiger partial charge in [-0.15, -0.1) is 0 Å². The molecule has 0 aliphatic heterocycles. The lowest BCUT2D eigenvalue weighted by molar-refractivity contribution is -0.116. The van der Waals surface area contributed by atoms with E-state index in [1.54, 1.807) is 0 Å². The van der Waals surface area contributed by atoms with E-state index in [2.05, 4.69) is 10.6 Å². The summed E-state index contributed by atoms with van der Waals surface area (Å²) in [6.45, 7) is 2.79. The van der Waals surface area contributed by atoms with Crippen molar-refractivity contribution in [1.82, 2.24) is 5.32 Å². The minimum atomic E-state index is 0.0924. The number of aryl methyl sites for hydroxylation is 1. The molecular weight excluding hydrogens is 224 g/mol. The zero-order valence-corrected chi connectivity index (χ0v) is 11.0. The molecule has 0 bridgehead atoms. The summed E-state index contributed by atoms with van der Waals surface area (Å²) in [6, 6.07) is 8.51. The van der Waals surface area contributed by atoms with Gasteiger partial charge >= 0.3 is 0 Å². The summed E-state index contributed by atoms with van der Waals surface area (Å²) in [4.78, 5) is 11.8. The van der Waals surface area contributed by atoms with E-state index in [1.807, 2.05) is 31.2 Å². The summed E-state index contributed by atoms with van der Waals surface area (Å²) in [5.74, 6) is 0.0924. The Morgan fingerprint density at radius 2 is 2.00 bits per heavy atom. The van der Waals surface area contributed by atoms with Crippen molar-refractivity contribution >= 4 is 11.6 Å². The van der Waals surface area contributed by atoms with Gasteiger partial charge in [0.2, 0.25) is 5.91 Å². The molecular formula is C15H22N2O. The highest BCUT2D eigenvalue weighted by Gasteiger charge is 2.14. The van der Waals surface area contributed by atoms with Crippen molar-refractivity contribution in [1.29, 1.82) is 0 Å². The highest BCUT2D eigenvalue weighted by Crippen LogP contribution is 2.17. The Labute approximate surface area is 109 Å². The molecule has 0 atom stereocenters. The van der Waals surface area contributed by atoms with Crippen LogP contribution in [0.4, 0.5) is 5.69 Å². The molecule has 0 unspecified atom stereocenters. The quantitative estimate of drug-likeness (QED) is 0.838. The van der Waals surface area contributed by atoms with Gasteiger partial charge in [-0.05, 0) is 31.4 Å². The van der Waals surface area contributed by atoms with Gasteiger partial charge in [-0.2, -0.15) is 0 Å². The molecule has 1 aliphatic rings. The summed E-state index contributed by atoms with van der Waals surface area (Å²) in [5, 5.41) is 6.41. The number of nitrogens with one attached hydrogen (secondary N) is 2. The lowest BCUT2D eigenvalue weighted by atomic mass is 10.2. The van der Waals surface area contributed by atoms with Crippen LogP contribution in [0.1, 0.15) is 37.7 Å². The Hall–Kier alpha value is -1.35. The molecule has 0 radical (unpaired) electrons. The first kappa shape index (κ1) is 13.1. The van der Waals surface area contributed by atoms with Crippen LogP contribution in [0.15, 0.2) is 24.3 Å². The first-order chi connectivity index (χ1) is 8.75. The second-order valence-electron chi connectivity index (χ2n) is 5.05. The van der Waals surface area contributed by atoms with Crippen molar-refractivity contribution in [3.63, 3.8) is 0 Å². The van der Waals surface area contributed by atoms with E-state index in [0.29, 0.717) is 12.5 Å². The van der Waals surface area contributed by atoms with E-state index in [1.165, 1.54) is 25.7 Å². The topological polar surface area (TPSA) is 41.1 Å². The lowest BCUT2D eigenvalue weighted by Crippen LogP contribution is -2.29. The zero-order valence-electron chi connectivity index (χ0n) is 11.0. The number of amides is 1. The standard InChI is InChI=1S/C15H22N2O/c1-12-6-2-5-9-14(12)17-15(18)10-11-16-13-7-3-4-8-13/h2,5-6,9,13,16H,3-4,7-8,10-11H2,1H3,(H,17,18). The average Bonchev–Trinajstić information content (AvgIpc) is 2.85. The summed E-state index contributed by atoms with van der Waals surface area (Å²) >= 11 is 0. The minimum Gasteiger partial charge on any atom is -0.326 e. The molecule has 0 aromatic heterocycles. The molecule has 2 rings (SSSR count). The number of hydrogen-bond donors (Lipinski definition) is 2. The van der Waals surface area contributed by atoms with E-state index < -0.39 is 0 Å². The zero-order chi connectivity index (χ0) is 12.8. The number of carbonyl (C=O) groups excluding carboxylic acids is 1. The molecule has 0 spiro atoms. The molecule has 98 valence electrons. The van der Waals surface area contributed by atoms with Crippen LogP contribution < -0.4 is 10.6 Å². The molecule has 3 nitrogen and oxygen atoms in total. The third-order valence-electron chi connectivity index (χ3n) is 3.56. The molecule has 3 heteroatoms. The highest BCUT2D eigenvalue weighted by atomic mass is 16.1. The first-order valence-corrected chi connectivity index (χ1v) is 6.84. The van der Waals surface area contributed by atoms with E-state index in [9.17, 15) is 4.79 Å². The maximum atomic E-state index is 11.8. The van der Waals surface area contributed by atoms with Gasteiger partial charge in [0.15, 0.2) is 0 Å². The SMILES string of the molecule is Cc1ccccc1NC(=O)CCNC1CCCC1. The van der Waals surface area contributed by atoms with Crippen molar-refractivity contribution < 1.29 is 4.79 Å². The number of hydrogen-bond acceptors (Lipinski definition) is 2. The van der Waals surface area contributed by atoms with E-state index in [0.717, 1.165) is 17.8 Å². The lowest BCUT2D eigenvalue weighted by Gasteiger charge is -2.12. The third kappa shape index (κ3) is 3.84. The van der Waals surface area contributed by atoms with Gasteiger partial charge < -0.3 is 10.6 Å². The summed E-state index contributed by atoms with van der Waals surface area (Å²) in [6.07, 6.45) is 5.73. The monoisotopic (exact) mass is 246 g/mol. The molecule has 18 heavy (non-hydrogen) atoms. The van der Waals surface area contributed by atoms with Crippen molar-refractivity contribution in [3.05, 3.63) is 29.8 Å². The van der Waals surface area contributed by atoms with Crippen LogP contribution in [0.3, 0.4) is 0 Å². The number of benzene rings is 1. The Morgan fingerprint density at radius 3 is 2.72 bits per heavy atom. The van der Waals surface area contributed by atoms with Gasteiger partial charge in [0.05, 0.1) is 0 Å². The second-order valence-corrected chi connectivity index (χ2v) is 5.05. The number of carbonyl (C=O) groups is 1. The second kappa shape index (κ2) is 6.55. The normalized spacial score (nSPS) is 15.8. The predicted molar refractivity (Wildman–Crippen MR) is 74.7 cm³/mol. The maximum Gasteiger partial charge on any atom is 0.225 e. The van der Waals surface area contributed by atoms with Crippen molar-refractivity contribution in [3.8, 4) is 0 Å². The fourth-order valence-corrected chi connectivity index (χ4v) is 2.45. The van der Waals surface area contributed by atoms with E-state index >= 15 is 0 Å². The molecule has 0 saturated heterocycles. The fraction of sp³-hybridized carbons (Fsp3) is 0.533. The van der Waals surface area contributed by atoms with Crippen molar-refractivity contribution in [2.45, 2.75) is 45.1 Å². The van der Waals surface area contributed by atoms with Crippen LogP contribution >= 0.6 is 0 Å². The maximum absolute atomic E-state index is 11.8. The van der Waals surface area contributed by atoms with Gasteiger partial charge in [0.25, 0.3) is 0 Å². The summed E-state index contributed by atoms with van der Waals surface area (Å²) in [5.41, 5.74) is 2.03.